The summed E-state index contributed by atoms with van der Waals surface area (Å²) >= 11 is 0. The molecule has 2 N–H and O–H groups in total. The second kappa shape index (κ2) is 8.17. The Hall–Kier alpha value is -2.28. The molecule has 4 rings (SSSR count). The van der Waals surface area contributed by atoms with Crippen LogP contribution in [0.15, 0.2) is 18.5 Å². The van der Waals surface area contributed by atoms with E-state index in [9.17, 15) is 4.79 Å². The maximum atomic E-state index is 12.4. The Labute approximate surface area is 160 Å². The third-order valence-electron chi connectivity index (χ3n) is 5.76. The van der Waals surface area contributed by atoms with Gasteiger partial charge in [-0.25, -0.2) is 15.0 Å². The second-order valence-corrected chi connectivity index (χ2v) is 7.79. The molecule has 2 aromatic rings. The predicted octanol–water partition coefficient (Wildman–Crippen LogP) is 2.27. The zero-order chi connectivity index (χ0) is 18.6. The van der Waals surface area contributed by atoms with Gasteiger partial charge in [0.1, 0.15) is 23.4 Å². The van der Waals surface area contributed by atoms with E-state index in [4.69, 9.17) is 5.73 Å². The summed E-state index contributed by atoms with van der Waals surface area (Å²) in [5.74, 6) is 2.12. The quantitative estimate of drug-likeness (QED) is 0.836. The minimum Gasteiger partial charge on any atom is -0.382 e. The number of aromatic nitrogens is 3. The molecule has 7 nitrogen and oxygen atoms in total. The number of anilines is 2. The minimum atomic E-state index is 0.401. The van der Waals surface area contributed by atoms with Crippen LogP contribution in [-0.2, 0) is 4.79 Å². The molecular weight excluding hydrogens is 340 g/mol. The fraction of sp³-hybridized carbons (Fsp3) is 0.600. The number of fused-ring (bicyclic) bond motifs is 1. The zero-order valence-electron chi connectivity index (χ0n) is 15.8. The molecule has 0 saturated carbocycles. The molecule has 1 atom stereocenters. The lowest BCUT2D eigenvalue weighted by Gasteiger charge is -2.33. The van der Waals surface area contributed by atoms with Gasteiger partial charge in [-0.15, -0.1) is 0 Å². The van der Waals surface area contributed by atoms with Gasteiger partial charge in [0.15, 0.2) is 5.82 Å². The summed E-state index contributed by atoms with van der Waals surface area (Å²) in [5, 5.41) is 0. The Balaban J connectivity index is 1.36. The number of likely N-dealkylation sites (tertiary alicyclic amines) is 1. The highest BCUT2D eigenvalue weighted by Gasteiger charge is 2.24. The molecule has 0 spiro atoms. The molecule has 27 heavy (non-hydrogen) atoms. The summed E-state index contributed by atoms with van der Waals surface area (Å²) in [6.07, 6.45) is 7.60. The zero-order valence-corrected chi connectivity index (χ0v) is 15.8. The van der Waals surface area contributed by atoms with Crippen LogP contribution in [0.2, 0.25) is 0 Å². The standard InChI is InChI=1S/C20H28N6O/c21-20-19-17(22-14-23-20)5-6-18(24-19)26-10-3-4-15(13-26)12-16(27)7-11-25-8-1-2-9-25/h5-6,14-15H,1-4,7-13H2,(H2,21,22,23)/t15-/m0/s1. The first kappa shape index (κ1) is 18.1. The summed E-state index contributed by atoms with van der Waals surface area (Å²) < 4.78 is 0. The van der Waals surface area contributed by atoms with E-state index >= 15 is 0 Å². The molecular formula is C20H28N6O. The van der Waals surface area contributed by atoms with E-state index in [1.165, 1.54) is 19.2 Å². The lowest BCUT2D eigenvalue weighted by Crippen LogP contribution is -2.37. The van der Waals surface area contributed by atoms with Gasteiger partial charge in [0.05, 0.1) is 5.52 Å². The van der Waals surface area contributed by atoms with Crippen LogP contribution in [0.25, 0.3) is 11.0 Å². The monoisotopic (exact) mass is 368 g/mol. The van der Waals surface area contributed by atoms with Crippen LogP contribution in [0, 0.1) is 5.92 Å². The van der Waals surface area contributed by atoms with Crippen LogP contribution in [0.1, 0.15) is 38.5 Å². The first-order chi connectivity index (χ1) is 13.2. The van der Waals surface area contributed by atoms with E-state index in [1.807, 2.05) is 12.1 Å². The smallest absolute Gasteiger partial charge is 0.153 e. The van der Waals surface area contributed by atoms with Gasteiger partial charge in [0, 0.05) is 32.5 Å². The lowest BCUT2D eigenvalue weighted by atomic mass is 9.92. The Bertz CT molecular complexity index is 804. The third-order valence-corrected chi connectivity index (χ3v) is 5.76. The summed E-state index contributed by atoms with van der Waals surface area (Å²) in [4.78, 5) is 30.1. The molecule has 7 heteroatoms. The van der Waals surface area contributed by atoms with Crippen LogP contribution in [-0.4, -0.2) is 58.4 Å². The van der Waals surface area contributed by atoms with Gasteiger partial charge in [0.25, 0.3) is 0 Å². The molecule has 0 amide bonds. The van der Waals surface area contributed by atoms with Crippen LogP contribution in [0.3, 0.4) is 0 Å². The Morgan fingerprint density at radius 1 is 1.15 bits per heavy atom. The number of carbonyl (C=O) groups excluding carboxylic acids is 1. The number of ketones is 1. The van der Waals surface area contributed by atoms with Crippen molar-refractivity contribution >= 4 is 28.5 Å². The number of nitrogens with zero attached hydrogens (tertiary/aromatic N) is 5. The van der Waals surface area contributed by atoms with Crippen molar-refractivity contribution in [2.24, 2.45) is 5.92 Å². The third kappa shape index (κ3) is 4.35. The predicted molar refractivity (Wildman–Crippen MR) is 107 cm³/mol. The van der Waals surface area contributed by atoms with Gasteiger partial charge >= 0.3 is 0 Å². The van der Waals surface area contributed by atoms with Gasteiger partial charge in [-0.1, -0.05) is 0 Å². The van der Waals surface area contributed by atoms with Crippen molar-refractivity contribution in [1.29, 1.82) is 0 Å². The summed E-state index contributed by atoms with van der Waals surface area (Å²) in [6.45, 7) is 5.09. The highest BCUT2D eigenvalue weighted by Crippen LogP contribution is 2.26. The SMILES string of the molecule is Nc1ncnc2ccc(N3CCC[C@@H](CC(=O)CCN4CCCC4)C3)nc12. The Morgan fingerprint density at radius 2 is 2.00 bits per heavy atom. The van der Waals surface area contributed by atoms with Gasteiger partial charge < -0.3 is 15.5 Å². The van der Waals surface area contributed by atoms with Crippen LogP contribution in [0.4, 0.5) is 11.6 Å². The molecule has 4 heterocycles. The van der Waals surface area contributed by atoms with E-state index in [2.05, 4.69) is 24.8 Å². The molecule has 0 aliphatic carbocycles. The molecule has 2 aliphatic rings. The molecule has 2 saturated heterocycles. The number of carbonyl (C=O) groups is 1. The fourth-order valence-corrected chi connectivity index (χ4v) is 4.28. The van der Waals surface area contributed by atoms with Crippen molar-refractivity contribution in [3.05, 3.63) is 18.5 Å². The van der Waals surface area contributed by atoms with Gasteiger partial charge in [-0.2, -0.15) is 0 Å². The first-order valence-corrected chi connectivity index (χ1v) is 10.1. The topological polar surface area (TPSA) is 88.2 Å². The summed E-state index contributed by atoms with van der Waals surface area (Å²) in [5.41, 5.74) is 7.36. The first-order valence-electron chi connectivity index (χ1n) is 10.1. The van der Waals surface area contributed by atoms with E-state index in [-0.39, 0.29) is 0 Å². The van der Waals surface area contributed by atoms with Crippen molar-refractivity contribution in [1.82, 2.24) is 19.9 Å². The molecule has 2 aliphatic heterocycles. The summed E-state index contributed by atoms with van der Waals surface area (Å²) in [6, 6.07) is 3.94. The molecule has 0 bridgehead atoms. The molecule has 2 fully saturated rings. The highest BCUT2D eigenvalue weighted by atomic mass is 16.1. The minimum absolute atomic E-state index is 0.401. The number of rotatable bonds is 6. The van der Waals surface area contributed by atoms with E-state index in [1.54, 1.807) is 0 Å². The number of Topliss-reactive ketones (excluding diaryl/α,β-unsaturated/α-hetero) is 1. The number of piperidine rings is 1. The number of pyridine rings is 1. The Morgan fingerprint density at radius 3 is 2.85 bits per heavy atom. The molecule has 0 unspecified atom stereocenters. The van der Waals surface area contributed by atoms with Crippen molar-refractivity contribution in [2.45, 2.75) is 38.5 Å². The van der Waals surface area contributed by atoms with Crippen LogP contribution in [0.5, 0.6) is 0 Å². The van der Waals surface area contributed by atoms with E-state index in [0.29, 0.717) is 35.9 Å². The van der Waals surface area contributed by atoms with Crippen molar-refractivity contribution in [3.63, 3.8) is 0 Å². The van der Waals surface area contributed by atoms with Crippen molar-refractivity contribution in [3.8, 4) is 0 Å². The molecule has 0 aromatic carbocycles. The van der Waals surface area contributed by atoms with E-state index < -0.39 is 0 Å². The average Bonchev–Trinajstić information content (AvgIpc) is 3.20. The van der Waals surface area contributed by atoms with Crippen LogP contribution >= 0.6 is 0 Å². The van der Waals surface area contributed by atoms with Gasteiger partial charge in [-0.3, -0.25) is 4.79 Å². The molecule has 144 valence electrons. The largest absolute Gasteiger partial charge is 0.382 e. The average molecular weight is 368 g/mol. The second-order valence-electron chi connectivity index (χ2n) is 7.79. The van der Waals surface area contributed by atoms with E-state index in [0.717, 1.165) is 56.9 Å². The highest BCUT2D eigenvalue weighted by molar-refractivity contribution is 5.85. The number of nitrogen functional groups attached to an aromatic ring is 1. The summed E-state index contributed by atoms with van der Waals surface area (Å²) in [7, 11) is 0. The maximum absolute atomic E-state index is 12.4. The van der Waals surface area contributed by atoms with Crippen molar-refractivity contribution < 1.29 is 4.79 Å². The van der Waals surface area contributed by atoms with Crippen LogP contribution < -0.4 is 10.6 Å². The van der Waals surface area contributed by atoms with Crippen molar-refractivity contribution in [2.75, 3.05) is 43.4 Å². The number of nitrogens with two attached hydrogens (primary N) is 1. The lowest BCUT2D eigenvalue weighted by molar-refractivity contribution is -0.120. The Kier molecular flexibility index (Phi) is 5.48. The fourth-order valence-electron chi connectivity index (χ4n) is 4.28. The van der Waals surface area contributed by atoms with Gasteiger partial charge in [-0.05, 0) is 56.8 Å². The van der Waals surface area contributed by atoms with Gasteiger partial charge in [0.2, 0.25) is 0 Å². The number of hydrogen-bond donors (Lipinski definition) is 1. The molecule has 0 radical (unpaired) electrons. The molecule has 2 aromatic heterocycles. The maximum Gasteiger partial charge on any atom is 0.153 e. The number of hydrogen-bond acceptors (Lipinski definition) is 7. The normalized spacial score (nSPS) is 21.0.